The highest BCUT2D eigenvalue weighted by Gasteiger charge is 2.24. The monoisotopic (exact) mass is 519 g/mol. The predicted molar refractivity (Wildman–Crippen MR) is 139 cm³/mol. The Labute approximate surface area is 214 Å². The van der Waals surface area contributed by atoms with Crippen molar-refractivity contribution in [2.75, 3.05) is 18.2 Å². The number of pyridine rings is 2. The summed E-state index contributed by atoms with van der Waals surface area (Å²) < 4.78 is 46.8. The number of imidazole rings is 1. The van der Waals surface area contributed by atoms with Gasteiger partial charge < -0.3 is 10.1 Å². The van der Waals surface area contributed by atoms with E-state index in [2.05, 4.69) is 16.2 Å². The molecule has 0 radical (unpaired) electrons. The predicted octanol–water partition coefficient (Wildman–Crippen LogP) is 4.69. The number of sulfone groups is 1. The van der Waals surface area contributed by atoms with Crippen molar-refractivity contribution in [1.29, 1.82) is 0 Å². The Bertz CT molecular complexity index is 1640. The number of aryl methyl sites for hydroxylation is 1. The SMILES string of the molecule is C#Cc1cccc(Cc2cc(Nc3ccc(F)cc3S(C)(=O)=O)c3nc(C)n(C4CCCCO4)c3n2)n1. The third-order valence-corrected chi connectivity index (χ3v) is 7.39. The number of hydrogen-bond donors (Lipinski definition) is 1. The van der Waals surface area contributed by atoms with Crippen LogP contribution in [0.15, 0.2) is 47.4 Å². The molecule has 0 saturated carbocycles. The molecule has 0 spiro atoms. The van der Waals surface area contributed by atoms with Crippen molar-refractivity contribution in [1.82, 2.24) is 19.5 Å². The largest absolute Gasteiger partial charge is 0.358 e. The number of fused-ring (bicyclic) bond motifs is 1. The molecule has 4 aromatic rings. The van der Waals surface area contributed by atoms with E-state index in [1.807, 2.05) is 23.6 Å². The van der Waals surface area contributed by atoms with Gasteiger partial charge in [-0.05, 0) is 62.6 Å². The molecule has 1 fully saturated rings. The average Bonchev–Trinajstić information content (AvgIpc) is 3.21. The maximum atomic E-state index is 13.9. The minimum atomic E-state index is -3.71. The number of terminal acetylenes is 1. The minimum Gasteiger partial charge on any atom is -0.358 e. The first-order valence-corrected chi connectivity index (χ1v) is 13.8. The maximum Gasteiger partial charge on any atom is 0.177 e. The summed E-state index contributed by atoms with van der Waals surface area (Å²) in [7, 11) is -3.71. The Kier molecular flexibility index (Phi) is 6.67. The van der Waals surface area contributed by atoms with Crippen LogP contribution < -0.4 is 5.32 Å². The van der Waals surface area contributed by atoms with Crippen molar-refractivity contribution < 1.29 is 17.5 Å². The average molecular weight is 520 g/mol. The van der Waals surface area contributed by atoms with Gasteiger partial charge in [0.25, 0.3) is 0 Å². The van der Waals surface area contributed by atoms with E-state index in [0.717, 1.165) is 43.1 Å². The van der Waals surface area contributed by atoms with Crippen molar-refractivity contribution >= 4 is 32.4 Å². The number of hydrogen-bond acceptors (Lipinski definition) is 7. The zero-order valence-corrected chi connectivity index (χ0v) is 21.3. The van der Waals surface area contributed by atoms with Crippen LogP contribution >= 0.6 is 0 Å². The van der Waals surface area contributed by atoms with Crippen LogP contribution in [0.2, 0.25) is 0 Å². The van der Waals surface area contributed by atoms with Crippen LogP contribution in [0, 0.1) is 25.1 Å². The van der Waals surface area contributed by atoms with Crippen LogP contribution in [0.1, 0.15) is 48.4 Å². The van der Waals surface area contributed by atoms with Gasteiger partial charge in [0, 0.05) is 25.0 Å². The van der Waals surface area contributed by atoms with Gasteiger partial charge >= 0.3 is 0 Å². The number of ether oxygens (including phenoxy) is 1. The summed E-state index contributed by atoms with van der Waals surface area (Å²) in [6, 6.07) is 10.9. The van der Waals surface area contributed by atoms with Crippen molar-refractivity contribution in [3.05, 3.63) is 71.2 Å². The van der Waals surface area contributed by atoms with E-state index >= 15 is 0 Å². The number of halogens is 1. The van der Waals surface area contributed by atoms with Gasteiger partial charge in [-0.2, -0.15) is 0 Å². The highest BCUT2D eigenvalue weighted by molar-refractivity contribution is 7.90. The van der Waals surface area contributed by atoms with E-state index in [4.69, 9.17) is 21.1 Å². The fourth-order valence-corrected chi connectivity index (χ4v) is 5.42. The van der Waals surface area contributed by atoms with Gasteiger partial charge in [-0.1, -0.05) is 12.0 Å². The molecule has 1 atom stereocenters. The number of nitrogens with one attached hydrogen (secondary N) is 1. The molecular formula is C27H26FN5O3S. The molecule has 1 aliphatic rings. The number of rotatable bonds is 6. The van der Waals surface area contributed by atoms with E-state index in [1.54, 1.807) is 12.1 Å². The molecule has 5 rings (SSSR count). The fraction of sp³-hybridized carbons (Fsp3) is 0.296. The van der Waals surface area contributed by atoms with Crippen molar-refractivity contribution in [3.63, 3.8) is 0 Å². The number of anilines is 2. The van der Waals surface area contributed by atoms with Crippen molar-refractivity contribution in [2.24, 2.45) is 0 Å². The summed E-state index contributed by atoms with van der Waals surface area (Å²) in [5, 5.41) is 3.19. The highest BCUT2D eigenvalue weighted by atomic mass is 32.2. The zero-order valence-electron chi connectivity index (χ0n) is 20.5. The first-order valence-electron chi connectivity index (χ1n) is 11.9. The lowest BCUT2D eigenvalue weighted by Crippen LogP contribution is -2.19. The first kappa shape index (κ1) is 24.9. The van der Waals surface area contributed by atoms with E-state index in [0.29, 0.717) is 41.3 Å². The Hall–Kier alpha value is -3.81. The van der Waals surface area contributed by atoms with Crippen molar-refractivity contribution in [3.8, 4) is 12.3 Å². The van der Waals surface area contributed by atoms with E-state index in [1.165, 1.54) is 12.1 Å². The van der Waals surface area contributed by atoms with Gasteiger partial charge in [-0.25, -0.2) is 27.8 Å². The molecule has 8 nitrogen and oxygen atoms in total. The van der Waals surface area contributed by atoms with Gasteiger partial charge in [0.05, 0.1) is 22.0 Å². The summed E-state index contributed by atoms with van der Waals surface area (Å²) in [6.45, 7) is 2.55. The normalized spacial score (nSPS) is 16.0. The second-order valence-electron chi connectivity index (χ2n) is 9.06. The maximum absolute atomic E-state index is 13.9. The molecule has 10 heteroatoms. The van der Waals surface area contributed by atoms with Gasteiger partial charge in [-0.15, -0.1) is 6.42 Å². The third-order valence-electron chi connectivity index (χ3n) is 6.25. The molecule has 0 aliphatic carbocycles. The molecule has 1 N–H and O–H groups in total. The van der Waals surface area contributed by atoms with Gasteiger partial charge in [-0.3, -0.25) is 4.57 Å². The summed E-state index contributed by atoms with van der Waals surface area (Å²) >= 11 is 0. The lowest BCUT2D eigenvalue weighted by atomic mass is 10.1. The highest BCUT2D eigenvalue weighted by Crippen LogP contribution is 2.34. The first-order chi connectivity index (χ1) is 17.7. The molecule has 0 amide bonds. The van der Waals surface area contributed by atoms with Crippen LogP contribution in [0.5, 0.6) is 0 Å². The minimum absolute atomic E-state index is 0.144. The van der Waals surface area contributed by atoms with Crippen LogP contribution in [0.25, 0.3) is 11.2 Å². The van der Waals surface area contributed by atoms with Gasteiger partial charge in [0.1, 0.15) is 29.1 Å². The quantitative estimate of drug-likeness (QED) is 0.369. The summed E-state index contributed by atoms with van der Waals surface area (Å²) in [4.78, 5) is 14.0. The standard InChI is InChI=1S/C27H26FN5O3S/c1-4-19-8-7-9-20(30-19)15-21-16-23(32-22-12-11-18(28)14-24(22)37(3,34)35)26-27(31-21)33(17(2)29-26)25-10-5-6-13-36-25/h1,7-9,11-12,14,16,25H,5-6,10,13,15H2,2-3H3,(H,31,32). The van der Waals surface area contributed by atoms with Crippen molar-refractivity contribution in [2.45, 2.75) is 43.7 Å². The topological polar surface area (TPSA) is 99.0 Å². The molecule has 1 saturated heterocycles. The lowest BCUT2D eigenvalue weighted by Gasteiger charge is -2.25. The van der Waals surface area contributed by atoms with E-state index in [-0.39, 0.29) is 16.8 Å². The second-order valence-corrected chi connectivity index (χ2v) is 11.0. The Morgan fingerprint density at radius 1 is 1.14 bits per heavy atom. The third kappa shape index (κ3) is 5.19. The molecule has 1 aliphatic heterocycles. The van der Waals surface area contributed by atoms with E-state index in [9.17, 15) is 12.8 Å². The number of aromatic nitrogens is 4. The van der Waals surface area contributed by atoms with Crippen LogP contribution in [0.3, 0.4) is 0 Å². The van der Waals surface area contributed by atoms with Crippen LogP contribution in [-0.4, -0.2) is 40.8 Å². The molecule has 190 valence electrons. The molecule has 1 aromatic carbocycles. The lowest BCUT2D eigenvalue weighted by molar-refractivity contribution is -0.0309. The molecule has 0 bridgehead atoms. The summed E-state index contributed by atoms with van der Waals surface area (Å²) in [5.41, 5.74) is 3.90. The van der Waals surface area contributed by atoms with Gasteiger partial charge in [0.2, 0.25) is 0 Å². The molecule has 1 unspecified atom stereocenters. The molecular weight excluding hydrogens is 493 g/mol. The Morgan fingerprint density at radius 3 is 2.70 bits per heavy atom. The number of benzene rings is 1. The molecule has 3 aromatic heterocycles. The Balaban J connectivity index is 1.66. The zero-order chi connectivity index (χ0) is 26.2. The molecule has 37 heavy (non-hydrogen) atoms. The van der Waals surface area contributed by atoms with Gasteiger partial charge in [0.15, 0.2) is 15.5 Å². The Morgan fingerprint density at radius 2 is 1.97 bits per heavy atom. The summed E-state index contributed by atoms with van der Waals surface area (Å²) in [5.74, 6) is 2.63. The molecule has 4 heterocycles. The number of nitrogens with zero attached hydrogens (tertiary/aromatic N) is 4. The summed E-state index contributed by atoms with van der Waals surface area (Å²) in [6.07, 6.45) is 9.63. The van der Waals surface area contributed by atoms with E-state index < -0.39 is 15.7 Å². The van der Waals surface area contributed by atoms with Crippen LogP contribution in [-0.2, 0) is 21.0 Å². The van der Waals surface area contributed by atoms with Crippen LogP contribution in [0.4, 0.5) is 15.8 Å². The second kappa shape index (κ2) is 9.92. The fourth-order valence-electron chi connectivity index (χ4n) is 4.58. The smallest absolute Gasteiger partial charge is 0.177 e.